The highest BCUT2D eigenvalue weighted by Gasteiger charge is 2.26. The van der Waals surface area contributed by atoms with Gasteiger partial charge in [0.15, 0.2) is 0 Å². The van der Waals surface area contributed by atoms with Crippen LogP contribution >= 0.6 is 0 Å². The smallest absolute Gasteiger partial charge is 0.272 e. The maximum Gasteiger partial charge on any atom is 0.272 e. The van der Waals surface area contributed by atoms with E-state index >= 15 is 0 Å². The molecule has 2 amide bonds. The fraction of sp³-hybridized carbons (Fsp3) is 0.333. The van der Waals surface area contributed by atoms with Crippen LogP contribution in [-0.2, 0) is 11.2 Å². The lowest BCUT2D eigenvalue weighted by Crippen LogP contribution is -2.50. The van der Waals surface area contributed by atoms with E-state index in [1.165, 1.54) is 6.07 Å². The molecule has 1 fully saturated rings. The monoisotopic (exact) mass is 436 g/mol. The molecule has 1 aromatic heterocycles. The number of carbonyl (C=O) groups is 2. The molecular weight excluding hydrogens is 411 g/mol. The minimum absolute atomic E-state index is 0.00423. The summed E-state index contributed by atoms with van der Waals surface area (Å²) in [6.07, 6.45) is 1.63. The standard InChI is InChI=1S/C24H25FN4O3/c1-2-5-22(30)28-10-12-29(13-11-28)24(32)19-14-16(8-9-20(19)25)15-21-17-6-3-4-7-18(17)23(31)27-26-21/h3-4,6-9,14H,2,5,10-13,15H2,1H3,(H,27,31). The van der Waals surface area contributed by atoms with Crippen LogP contribution in [-0.4, -0.2) is 58.0 Å². The lowest BCUT2D eigenvalue weighted by Gasteiger charge is -2.35. The van der Waals surface area contributed by atoms with Gasteiger partial charge in [0.25, 0.3) is 11.5 Å². The molecule has 32 heavy (non-hydrogen) atoms. The third kappa shape index (κ3) is 4.39. The normalized spacial score (nSPS) is 14.1. The lowest BCUT2D eigenvalue weighted by molar-refractivity contribution is -0.132. The van der Waals surface area contributed by atoms with Crippen LogP contribution in [0.3, 0.4) is 0 Å². The van der Waals surface area contributed by atoms with Crippen LogP contribution in [0.2, 0.25) is 0 Å². The number of halogens is 1. The molecule has 166 valence electrons. The summed E-state index contributed by atoms with van der Waals surface area (Å²) >= 11 is 0. The van der Waals surface area contributed by atoms with Crippen molar-refractivity contribution in [3.8, 4) is 0 Å². The summed E-state index contributed by atoms with van der Waals surface area (Å²) in [6.45, 7) is 3.63. The van der Waals surface area contributed by atoms with Gasteiger partial charge in [-0.15, -0.1) is 0 Å². The molecule has 0 unspecified atom stereocenters. The summed E-state index contributed by atoms with van der Waals surface area (Å²) in [7, 11) is 0. The van der Waals surface area contributed by atoms with Crippen molar-refractivity contribution in [3.05, 3.63) is 75.5 Å². The van der Waals surface area contributed by atoms with Crippen molar-refractivity contribution in [2.45, 2.75) is 26.2 Å². The molecule has 0 bridgehead atoms. The second kappa shape index (κ2) is 9.30. The fourth-order valence-corrected chi connectivity index (χ4v) is 4.05. The molecule has 2 heterocycles. The third-order valence-electron chi connectivity index (χ3n) is 5.79. The van der Waals surface area contributed by atoms with E-state index in [1.807, 2.05) is 19.1 Å². The molecule has 0 radical (unpaired) electrons. The Kier molecular flexibility index (Phi) is 6.30. The van der Waals surface area contributed by atoms with Gasteiger partial charge in [-0.3, -0.25) is 14.4 Å². The van der Waals surface area contributed by atoms with E-state index in [0.717, 1.165) is 17.4 Å². The van der Waals surface area contributed by atoms with E-state index in [1.54, 1.807) is 34.1 Å². The van der Waals surface area contributed by atoms with E-state index < -0.39 is 5.82 Å². The Labute approximate surface area is 184 Å². The summed E-state index contributed by atoms with van der Waals surface area (Å²) in [6, 6.07) is 11.6. The Morgan fingerprint density at radius 2 is 1.72 bits per heavy atom. The average molecular weight is 436 g/mol. The highest BCUT2D eigenvalue weighted by atomic mass is 19.1. The second-order valence-electron chi connectivity index (χ2n) is 7.96. The van der Waals surface area contributed by atoms with Crippen LogP contribution in [0.4, 0.5) is 4.39 Å². The van der Waals surface area contributed by atoms with Gasteiger partial charge < -0.3 is 9.80 Å². The van der Waals surface area contributed by atoms with Crippen LogP contribution in [0.1, 0.15) is 41.4 Å². The quantitative estimate of drug-likeness (QED) is 0.666. The molecule has 1 saturated heterocycles. The number of rotatable bonds is 5. The van der Waals surface area contributed by atoms with E-state index in [2.05, 4.69) is 10.2 Å². The Morgan fingerprint density at radius 1 is 1.03 bits per heavy atom. The van der Waals surface area contributed by atoms with Crippen molar-refractivity contribution in [1.82, 2.24) is 20.0 Å². The van der Waals surface area contributed by atoms with Crippen LogP contribution in [0, 0.1) is 5.82 Å². The minimum atomic E-state index is -0.581. The molecule has 3 aromatic rings. The van der Waals surface area contributed by atoms with Crippen molar-refractivity contribution in [2.24, 2.45) is 0 Å². The van der Waals surface area contributed by atoms with Gasteiger partial charge in [0.05, 0.1) is 16.6 Å². The molecule has 0 atom stereocenters. The average Bonchev–Trinajstić information content (AvgIpc) is 2.82. The van der Waals surface area contributed by atoms with Crippen molar-refractivity contribution < 1.29 is 14.0 Å². The third-order valence-corrected chi connectivity index (χ3v) is 5.79. The first-order chi connectivity index (χ1) is 15.5. The van der Waals surface area contributed by atoms with Crippen molar-refractivity contribution in [1.29, 1.82) is 0 Å². The number of aromatic amines is 1. The maximum atomic E-state index is 14.5. The van der Waals surface area contributed by atoms with Crippen LogP contribution in [0.5, 0.6) is 0 Å². The van der Waals surface area contributed by atoms with Gasteiger partial charge in [-0.2, -0.15) is 5.10 Å². The molecule has 0 spiro atoms. The number of hydrogen-bond acceptors (Lipinski definition) is 4. The van der Waals surface area contributed by atoms with Crippen molar-refractivity contribution in [2.75, 3.05) is 26.2 Å². The summed E-state index contributed by atoms with van der Waals surface area (Å²) in [5, 5.41) is 7.92. The zero-order valence-corrected chi connectivity index (χ0v) is 17.9. The minimum Gasteiger partial charge on any atom is -0.339 e. The molecule has 7 nitrogen and oxygen atoms in total. The summed E-state index contributed by atoms with van der Waals surface area (Å²) in [5.74, 6) is -0.873. The number of nitrogens with one attached hydrogen (secondary N) is 1. The topological polar surface area (TPSA) is 86.4 Å². The van der Waals surface area contributed by atoms with Crippen LogP contribution in [0.15, 0.2) is 47.3 Å². The van der Waals surface area contributed by atoms with E-state index in [0.29, 0.717) is 50.1 Å². The Hall–Kier alpha value is -3.55. The molecule has 0 aliphatic carbocycles. The molecule has 1 N–H and O–H groups in total. The van der Waals surface area contributed by atoms with Gasteiger partial charge in [-0.1, -0.05) is 31.2 Å². The molecule has 8 heteroatoms. The molecule has 1 aliphatic rings. The van der Waals surface area contributed by atoms with E-state index in [9.17, 15) is 18.8 Å². The first-order valence-electron chi connectivity index (χ1n) is 10.8. The predicted octanol–water partition coefficient (Wildman–Crippen LogP) is 2.74. The van der Waals surface area contributed by atoms with Gasteiger partial charge in [-0.25, -0.2) is 9.49 Å². The van der Waals surface area contributed by atoms with E-state index in [4.69, 9.17) is 0 Å². The highest BCUT2D eigenvalue weighted by molar-refractivity contribution is 5.95. The van der Waals surface area contributed by atoms with Crippen molar-refractivity contribution >= 4 is 22.6 Å². The number of piperazine rings is 1. The number of amides is 2. The highest BCUT2D eigenvalue weighted by Crippen LogP contribution is 2.20. The Balaban J connectivity index is 1.53. The maximum absolute atomic E-state index is 14.5. The van der Waals surface area contributed by atoms with Gasteiger partial charge >= 0.3 is 0 Å². The van der Waals surface area contributed by atoms with Gasteiger partial charge in [-0.05, 0) is 30.2 Å². The second-order valence-corrected chi connectivity index (χ2v) is 7.96. The molecule has 4 rings (SSSR count). The number of benzene rings is 2. The SMILES string of the molecule is CCCC(=O)N1CCN(C(=O)c2cc(Cc3n[nH]c(=O)c4ccccc34)ccc2F)CC1. The predicted molar refractivity (Wildman–Crippen MR) is 119 cm³/mol. The number of aromatic nitrogens is 2. The number of hydrogen-bond donors (Lipinski definition) is 1. The van der Waals surface area contributed by atoms with E-state index in [-0.39, 0.29) is 22.9 Å². The zero-order valence-electron chi connectivity index (χ0n) is 17.9. The Bertz CT molecular complexity index is 1220. The molecule has 2 aromatic carbocycles. The summed E-state index contributed by atoms with van der Waals surface area (Å²) < 4.78 is 14.5. The molecule has 1 aliphatic heterocycles. The number of H-pyrrole nitrogens is 1. The van der Waals surface area contributed by atoms with Gasteiger partial charge in [0.1, 0.15) is 5.82 Å². The number of carbonyl (C=O) groups excluding carboxylic acids is 2. The first kappa shape index (κ1) is 21.7. The van der Waals surface area contributed by atoms with Crippen LogP contribution in [0.25, 0.3) is 10.8 Å². The first-order valence-corrected chi connectivity index (χ1v) is 10.8. The zero-order chi connectivity index (χ0) is 22.7. The lowest BCUT2D eigenvalue weighted by atomic mass is 10.0. The summed E-state index contributed by atoms with van der Waals surface area (Å²) in [4.78, 5) is 40.4. The number of fused-ring (bicyclic) bond motifs is 1. The molecule has 0 saturated carbocycles. The largest absolute Gasteiger partial charge is 0.339 e. The fourth-order valence-electron chi connectivity index (χ4n) is 4.05. The molecular formula is C24H25FN4O3. The Morgan fingerprint density at radius 3 is 2.44 bits per heavy atom. The van der Waals surface area contributed by atoms with Gasteiger partial charge in [0.2, 0.25) is 5.91 Å². The van der Waals surface area contributed by atoms with Crippen molar-refractivity contribution in [3.63, 3.8) is 0 Å². The van der Waals surface area contributed by atoms with Gasteiger partial charge in [0, 0.05) is 44.4 Å². The van der Waals surface area contributed by atoms with Crippen LogP contribution < -0.4 is 5.56 Å². The number of nitrogens with zero attached hydrogens (tertiary/aromatic N) is 3. The summed E-state index contributed by atoms with van der Waals surface area (Å²) in [5.41, 5.74) is 1.10.